The van der Waals surface area contributed by atoms with Gasteiger partial charge < -0.3 is 4.90 Å². The molecule has 0 atom stereocenters. The molecule has 0 aliphatic carbocycles. The summed E-state index contributed by atoms with van der Waals surface area (Å²) >= 11 is 5.98. The zero-order valence-corrected chi connectivity index (χ0v) is 11.3. The highest BCUT2D eigenvalue weighted by molar-refractivity contribution is 6.31. The molecule has 1 saturated heterocycles. The Labute approximate surface area is 113 Å². The summed E-state index contributed by atoms with van der Waals surface area (Å²) in [6, 6.07) is 10.1. The maximum Gasteiger partial charge on any atom is 0.129 e. The van der Waals surface area contributed by atoms with E-state index in [0.29, 0.717) is 0 Å². The molecule has 1 aromatic heterocycles. The van der Waals surface area contributed by atoms with Crippen molar-refractivity contribution in [1.82, 2.24) is 4.98 Å². The van der Waals surface area contributed by atoms with E-state index in [1.165, 1.54) is 12.8 Å². The molecule has 2 nitrogen and oxygen atoms in total. The highest BCUT2D eigenvalue weighted by Gasteiger charge is 2.16. The van der Waals surface area contributed by atoms with Crippen molar-refractivity contribution >= 4 is 28.3 Å². The van der Waals surface area contributed by atoms with Gasteiger partial charge in [0, 0.05) is 23.5 Å². The lowest BCUT2D eigenvalue weighted by atomic mass is 9.99. The molecule has 0 saturated carbocycles. The predicted octanol–water partition coefficient (Wildman–Crippen LogP) is 4.12. The summed E-state index contributed by atoms with van der Waals surface area (Å²) in [6.45, 7) is 4.56. The zero-order chi connectivity index (χ0) is 12.5. The highest BCUT2D eigenvalue weighted by atomic mass is 35.5. The lowest BCUT2D eigenvalue weighted by Crippen LogP contribution is -2.33. The fourth-order valence-electron chi connectivity index (χ4n) is 2.50. The van der Waals surface area contributed by atoms with E-state index < -0.39 is 0 Å². The molecule has 94 valence electrons. The van der Waals surface area contributed by atoms with Crippen molar-refractivity contribution in [3.8, 4) is 0 Å². The first kappa shape index (κ1) is 11.8. The molecule has 0 N–H and O–H groups in total. The van der Waals surface area contributed by atoms with Crippen molar-refractivity contribution < 1.29 is 0 Å². The summed E-state index contributed by atoms with van der Waals surface area (Å²) in [5.41, 5.74) is 1.02. The molecule has 2 aromatic rings. The van der Waals surface area contributed by atoms with Crippen LogP contribution in [0.1, 0.15) is 19.8 Å². The number of hydrogen-bond acceptors (Lipinski definition) is 2. The molecule has 1 aliphatic rings. The number of nitrogens with zero attached hydrogens (tertiary/aromatic N) is 2. The number of fused-ring (bicyclic) bond motifs is 1. The Morgan fingerprint density at radius 1 is 1.17 bits per heavy atom. The maximum atomic E-state index is 5.98. The van der Waals surface area contributed by atoms with E-state index >= 15 is 0 Å². The first-order valence-electron chi connectivity index (χ1n) is 6.53. The normalized spacial score (nSPS) is 17.3. The van der Waals surface area contributed by atoms with E-state index in [1.54, 1.807) is 0 Å². The number of anilines is 1. The Bertz CT molecular complexity index is 559. The summed E-state index contributed by atoms with van der Waals surface area (Å²) in [6.07, 6.45) is 2.53. The molecular formula is C15H17ClN2. The summed E-state index contributed by atoms with van der Waals surface area (Å²) in [7, 11) is 0. The van der Waals surface area contributed by atoms with Crippen molar-refractivity contribution in [2.24, 2.45) is 5.92 Å². The van der Waals surface area contributed by atoms with Crippen LogP contribution in [0.4, 0.5) is 5.82 Å². The molecule has 0 radical (unpaired) electrons. The lowest BCUT2D eigenvalue weighted by molar-refractivity contribution is 0.437. The third-order valence-electron chi connectivity index (χ3n) is 3.74. The molecular weight excluding hydrogens is 244 g/mol. The van der Waals surface area contributed by atoms with E-state index in [4.69, 9.17) is 16.6 Å². The number of pyridine rings is 1. The fraction of sp³-hybridized carbons (Fsp3) is 0.400. The highest BCUT2D eigenvalue weighted by Crippen LogP contribution is 2.24. The van der Waals surface area contributed by atoms with Gasteiger partial charge in [-0.2, -0.15) is 0 Å². The molecule has 3 heteroatoms. The van der Waals surface area contributed by atoms with E-state index in [9.17, 15) is 0 Å². The van der Waals surface area contributed by atoms with Crippen LogP contribution in [0.2, 0.25) is 5.02 Å². The minimum atomic E-state index is 0.767. The quantitative estimate of drug-likeness (QED) is 0.767. The second-order valence-corrected chi connectivity index (χ2v) is 5.61. The summed E-state index contributed by atoms with van der Waals surface area (Å²) < 4.78 is 0. The van der Waals surface area contributed by atoms with Crippen LogP contribution < -0.4 is 4.90 Å². The van der Waals surface area contributed by atoms with Crippen LogP contribution in [0.3, 0.4) is 0 Å². The van der Waals surface area contributed by atoms with Crippen LogP contribution >= 0.6 is 11.6 Å². The van der Waals surface area contributed by atoms with Gasteiger partial charge in [-0.15, -0.1) is 0 Å². The summed E-state index contributed by atoms with van der Waals surface area (Å²) in [5, 5.41) is 1.88. The van der Waals surface area contributed by atoms with Crippen LogP contribution in [-0.4, -0.2) is 18.1 Å². The smallest absolute Gasteiger partial charge is 0.129 e. The van der Waals surface area contributed by atoms with E-state index in [1.807, 2.05) is 18.2 Å². The van der Waals surface area contributed by atoms with Gasteiger partial charge >= 0.3 is 0 Å². The van der Waals surface area contributed by atoms with Gasteiger partial charge in [0.2, 0.25) is 0 Å². The number of aromatic nitrogens is 1. The van der Waals surface area contributed by atoms with Crippen molar-refractivity contribution in [2.75, 3.05) is 18.0 Å². The fourth-order valence-corrected chi connectivity index (χ4v) is 2.68. The minimum absolute atomic E-state index is 0.767. The second-order valence-electron chi connectivity index (χ2n) is 5.18. The van der Waals surface area contributed by atoms with Gasteiger partial charge in [0.25, 0.3) is 0 Å². The minimum Gasteiger partial charge on any atom is -0.357 e. The maximum absolute atomic E-state index is 5.98. The third-order valence-corrected chi connectivity index (χ3v) is 3.98. The molecule has 1 fully saturated rings. The Morgan fingerprint density at radius 2 is 1.94 bits per heavy atom. The molecule has 1 aromatic carbocycles. The SMILES string of the molecule is CC1CCN(c2ccc3cc(Cl)ccc3n2)CC1. The Balaban J connectivity index is 1.91. The molecule has 3 rings (SSSR count). The molecule has 0 spiro atoms. The number of halogens is 1. The van der Waals surface area contributed by atoms with Crippen LogP contribution in [0.25, 0.3) is 10.9 Å². The number of hydrogen-bond donors (Lipinski definition) is 0. The number of rotatable bonds is 1. The van der Waals surface area contributed by atoms with Gasteiger partial charge in [-0.3, -0.25) is 0 Å². The molecule has 2 heterocycles. The van der Waals surface area contributed by atoms with Crippen LogP contribution in [0.15, 0.2) is 30.3 Å². The van der Waals surface area contributed by atoms with Gasteiger partial charge in [-0.1, -0.05) is 18.5 Å². The van der Waals surface area contributed by atoms with Gasteiger partial charge in [0.15, 0.2) is 0 Å². The molecule has 0 bridgehead atoms. The van der Waals surface area contributed by atoms with Crippen molar-refractivity contribution in [2.45, 2.75) is 19.8 Å². The number of benzene rings is 1. The van der Waals surface area contributed by atoms with Gasteiger partial charge in [0.05, 0.1) is 5.52 Å². The molecule has 0 unspecified atom stereocenters. The van der Waals surface area contributed by atoms with Crippen LogP contribution in [-0.2, 0) is 0 Å². The second kappa shape index (κ2) is 4.77. The predicted molar refractivity (Wildman–Crippen MR) is 77.4 cm³/mol. The summed E-state index contributed by atoms with van der Waals surface area (Å²) in [4.78, 5) is 7.12. The van der Waals surface area contributed by atoms with Gasteiger partial charge in [-0.05, 0) is 49.1 Å². The monoisotopic (exact) mass is 260 g/mol. The van der Waals surface area contributed by atoms with Crippen molar-refractivity contribution in [1.29, 1.82) is 0 Å². The average molecular weight is 261 g/mol. The largest absolute Gasteiger partial charge is 0.357 e. The van der Waals surface area contributed by atoms with E-state index in [-0.39, 0.29) is 0 Å². The Kier molecular flexibility index (Phi) is 3.13. The average Bonchev–Trinajstić information content (AvgIpc) is 2.39. The van der Waals surface area contributed by atoms with E-state index in [2.05, 4.69) is 24.0 Å². The molecule has 18 heavy (non-hydrogen) atoms. The van der Waals surface area contributed by atoms with E-state index in [0.717, 1.165) is 40.8 Å². The number of piperidine rings is 1. The Morgan fingerprint density at radius 3 is 2.72 bits per heavy atom. The first-order chi connectivity index (χ1) is 8.72. The van der Waals surface area contributed by atoms with Gasteiger partial charge in [-0.25, -0.2) is 4.98 Å². The van der Waals surface area contributed by atoms with Crippen LogP contribution in [0.5, 0.6) is 0 Å². The topological polar surface area (TPSA) is 16.1 Å². The van der Waals surface area contributed by atoms with Crippen molar-refractivity contribution in [3.63, 3.8) is 0 Å². The summed E-state index contributed by atoms with van der Waals surface area (Å²) in [5.74, 6) is 1.94. The molecule has 1 aliphatic heterocycles. The van der Waals surface area contributed by atoms with Crippen molar-refractivity contribution in [3.05, 3.63) is 35.4 Å². The lowest BCUT2D eigenvalue weighted by Gasteiger charge is -2.31. The standard InChI is InChI=1S/C15H17ClN2/c1-11-6-8-18(9-7-11)15-5-2-12-10-13(16)3-4-14(12)17-15/h2-5,10-11H,6-9H2,1H3. The first-order valence-corrected chi connectivity index (χ1v) is 6.91. The zero-order valence-electron chi connectivity index (χ0n) is 10.6. The molecule has 0 amide bonds. The third kappa shape index (κ3) is 2.30. The Hall–Kier alpha value is -1.28. The van der Waals surface area contributed by atoms with Crippen LogP contribution in [0, 0.1) is 5.92 Å². The van der Waals surface area contributed by atoms with Gasteiger partial charge in [0.1, 0.15) is 5.82 Å².